The zero-order valence-electron chi connectivity index (χ0n) is 16.3. The van der Waals surface area contributed by atoms with Crippen LogP contribution in [0.3, 0.4) is 0 Å². The smallest absolute Gasteiger partial charge is 0.259 e. The molecule has 1 fully saturated rings. The number of nitrogens with one attached hydrogen (secondary N) is 2. The number of aromatic nitrogens is 2. The Kier molecular flexibility index (Phi) is 7.82. The number of aryl methyl sites for hydroxylation is 3. The zero-order chi connectivity index (χ0) is 18.7. The first-order chi connectivity index (χ1) is 12.5. The summed E-state index contributed by atoms with van der Waals surface area (Å²) in [6.45, 7) is 8.81. The Labute approximate surface area is 170 Å². The first-order valence-corrected chi connectivity index (χ1v) is 10.3. The number of rotatable bonds is 6. The molecule has 2 aromatic heterocycles. The lowest BCUT2D eigenvalue weighted by Gasteiger charge is -2.34. The molecule has 0 radical (unpaired) electrons. The van der Waals surface area contributed by atoms with Crippen LogP contribution in [0.4, 0.5) is 0 Å². The minimum atomic E-state index is -0.0944. The standard InChI is InChI=1S/C19H28N4O2S.ClH/c1-4-11-23(14-7-9-20-10-8-14)16(24)6-5-15-21-18(25)17-12(2)13(3)26-19(17)22-15;/h14,20H,4-11H2,1-3H3,(H,21,22,25);1H. The molecule has 0 aliphatic carbocycles. The molecule has 2 N–H and O–H groups in total. The predicted molar refractivity (Wildman–Crippen MR) is 113 cm³/mol. The molecular formula is C19H29ClN4O2S. The fourth-order valence-corrected chi connectivity index (χ4v) is 4.71. The van der Waals surface area contributed by atoms with E-state index in [1.807, 2.05) is 18.7 Å². The third kappa shape index (κ3) is 4.89. The Morgan fingerprint density at radius 3 is 2.67 bits per heavy atom. The maximum Gasteiger partial charge on any atom is 0.259 e. The van der Waals surface area contributed by atoms with Gasteiger partial charge in [0, 0.05) is 30.3 Å². The molecule has 27 heavy (non-hydrogen) atoms. The van der Waals surface area contributed by atoms with Crippen molar-refractivity contribution in [2.75, 3.05) is 19.6 Å². The fraction of sp³-hybridized carbons (Fsp3) is 0.632. The Morgan fingerprint density at radius 1 is 1.30 bits per heavy atom. The van der Waals surface area contributed by atoms with E-state index in [0.29, 0.717) is 30.1 Å². The van der Waals surface area contributed by atoms with Crippen molar-refractivity contribution in [3.05, 3.63) is 26.6 Å². The number of halogens is 1. The van der Waals surface area contributed by atoms with Crippen LogP contribution in [0.25, 0.3) is 10.2 Å². The maximum atomic E-state index is 12.8. The van der Waals surface area contributed by atoms with Gasteiger partial charge in [-0.3, -0.25) is 9.59 Å². The molecule has 1 aliphatic heterocycles. The summed E-state index contributed by atoms with van der Waals surface area (Å²) in [5.41, 5.74) is 0.907. The van der Waals surface area contributed by atoms with Crippen LogP contribution in [0, 0.1) is 13.8 Å². The van der Waals surface area contributed by atoms with Gasteiger partial charge in [0.1, 0.15) is 10.7 Å². The van der Waals surface area contributed by atoms with Crippen LogP contribution in [0.2, 0.25) is 0 Å². The van der Waals surface area contributed by atoms with Crippen molar-refractivity contribution < 1.29 is 4.79 Å². The van der Waals surface area contributed by atoms with Crippen molar-refractivity contribution in [3.63, 3.8) is 0 Å². The second-order valence-electron chi connectivity index (χ2n) is 7.04. The molecule has 1 saturated heterocycles. The number of carbonyl (C=O) groups is 1. The summed E-state index contributed by atoms with van der Waals surface area (Å²) in [4.78, 5) is 36.6. The molecule has 0 saturated carbocycles. The highest BCUT2D eigenvalue weighted by molar-refractivity contribution is 7.18. The molecule has 0 bridgehead atoms. The van der Waals surface area contributed by atoms with E-state index in [-0.39, 0.29) is 23.9 Å². The number of fused-ring (bicyclic) bond motifs is 1. The summed E-state index contributed by atoms with van der Waals surface area (Å²) in [6, 6.07) is 0.334. The maximum absolute atomic E-state index is 12.8. The summed E-state index contributed by atoms with van der Waals surface area (Å²) in [7, 11) is 0. The highest BCUT2D eigenvalue weighted by Crippen LogP contribution is 2.25. The molecule has 0 spiro atoms. The molecule has 3 rings (SSSR count). The van der Waals surface area contributed by atoms with Crippen LogP contribution in [-0.4, -0.2) is 46.5 Å². The molecule has 150 valence electrons. The fourth-order valence-electron chi connectivity index (χ4n) is 3.66. The van der Waals surface area contributed by atoms with Gasteiger partial charge in [-0.2, -0.15) is 0 Å². The van der Waals surface area contributed by atoms with Gasteiger partial charge in [-0.1, -0.05) is 6.92 Å². The van der Waals surface area contributed by atoms with Gasteiger partial charge in [0.05, 0.1) is 5.39 Å². The van der Waals surface area contributed by atoms with Crippen molar-refractivity contribution in [2.45, 2.75) is 58.9 Å². The van der Waals surface area contributed by atoms with Gasteiger partial charge in [-0.25, -0.2) is 4.98 Å². The summed E-state index contributed by atoms with van der Waals surface area (Å²) in [6.07, 6.45) is 3.86. The van der Waals surface area contributed by atoms with Gasteiger partial charge in [0.25, 0.3) is 5.56 Å². The lowest BCUT2D eigenvalue weighted by molar-refractivity contribution is -0.134. The second-order valence-corrected chi connectivity index (χ2v) is 8.25. The van der Waals surface area contributed by atoms with Crippen molar-refractivity contribution >= 4 is 39.9 Å². The minimum absolute atomic E-state index is 0. The third-order valence-electron chi connectivity index (χ3n) is 5.20. The van der Waals surface area contributed by atoms with E-state index in [2.05, 4.69) is 22.2 Å². The average Bonchev–Trinajstić information content (AvgIpc) is 2.92. The van der Waals surface area contributed by atoms with E-state index in [1.54, 1.807) is 11.3 Å². The molecule has 0 aromatic carbocycles. The summed E-state index contributed by atoms with van der Waals surface area (Å²) in [5, 5.41) is 4.04. The first kappa shape index (κ1) is 21.9. The summed E-state index contributed by atoms with van der Waals surface area (Å²) >= 11 is 1.55. The highest BCUT2D eigenvalue weighted by Gasteiger charge is 2.24. The van der Waals surface area contributed by atoms with Gasteiger partial charge in [0.2, 0.25) is 5.91 Å². The average molecular weight is 413 g/mol. The normalized spacial score (nSPS) is 14.9. The Hall–Kier alpha value is -1.44. The molecule has 1 amide bonds. The van der Waals surface area contributed by atoms with Crippen molar-refractivity contribution in [3.8, 4) is 0 Å². The number of thiophene rings is 1. The monoisotopic (exact) mass is 412 g/mol. The number of hydrogen-bond donors (Lipinski definition) is 2. The molecule has 8 heteroatoms. The second kappa shape index (κ2) is 9.66. The Bertz CT molecular complexity index is 842. The summed E-state index contributed by atoms with van der Waals surface area (Å²) < 4.78 is 0. The number of hydrogen-bond acceptors (Lipinski definition) is 5. The van der Waals surface area contributed by atoms with Crippen LogP contribution in [0.1, 0.15) is 48.9 Å². The lowest BCUT2D eigenvalue weighted by Crippen LogP contribution is -2.46. The predicted octanol–water partition coefficient (Wildman–Crippen LogP) is 2.95. The quantitative estimate of drug-likeness (QED) is 0.764. The van der Waals surface area contributed by atoms with Crippen LogP contribution >= 0.6 is 23.7 Å². The van der Waals surface area contributed by atoms with Gasteiger partial charge in [0.15, 0.2) is 0 Å². The van der Waals surface area contributed by atoms with E-state index in [4.69, 9.17) is 0 Å². The molecule has 1 aliphatic rings. The molecule has 2 aromatic rings. The minimum Gasteiger partial charge on any atom is -0.340 e. The third-order valence-corrected chi connectivity index (χ3v) is 6.30. The van der Waals surface area contributed by atoms with Crippen molar-refractivity contribution in [1.29, 1.82) is 0 Å². The molecule has 0 unspecified atom stereocenters. The highest BCUT2D eigenvalue weighted by atomic mass is 35.5. The van der Waals surface area contributed by atoms with Gasteiger partial charge >= 0.3 is 0 Å². The number of aromatic amines is 1. The molecular weight excluding hydrogens is 384 g/mol. The largest absolute Gasteiger partial charge is 0.340 e. The number of piperidine rings is 1. The molecule has 3 heterocycles. The van der Waals surface area contributed by atoms with Gasteiger partial charge < -0.3 is 15.2 Å². The number of carbonyl (C=O) groups excluding carboxylic acids is 1. The summed E-state index contributed by atoms with van der Waals surface area (Å²) in [5.74, 6) is 0.777. The number of amides is 1. The molecule has 0 atom stereocenters. The number of nitrogens with zero attached hydrogens (tertiary/aromatic N) is 2. The zero-order valence-corrected chi connectivity index (χ0v) is 17.9. The lowest BCUT2D eigenvalue weighted by atomic mass is 10.0. The van der Waals surface area contributed by atoms with E-state index in [1.165, 1.54) is 0 Å². The SMILES string of the molecule is CCCN(C(=O)CCc1nc2sc(C)c(C)c2c(=O)[nH]1)C1CCNCC1.Cl. The van der Waals surface area contributed by atoms with Crippen LogP contribution in [0.5, 0.6) is 0 Å². The van der Waals surface area contributed by atoms with E-state index in [9.17, 15) is 9.59 Å². The van der Waals surface area contributed by atoms with Crippen LogP contribution in [-0.2, 0) is 11.2 Å². The Morgan fingerprint density at radius 2 is 2.00 bits per heavy atom. The topological polar surface area (TPSA) is 78.1 Å². The first-order valence-electron chi connectivity index (χ1n) is 9.50. The van der Waals surface area contributed by atoms with Crippen LogP contribution in [0.15, 0.2) is 4.79 Å². The number of H-pyrrole nitrogens is 1. The molecule has 6 nitrogen and oxygen atoms in total. The van der Waals surface area contributed by atoms with E-state index < -0.39 is 0 Å². The van der Waals surface area contributed by atoms with Crippen molar-refractivity contribution in [2.24, 2.45) is 0 Å². The van der Waals surface area contributed by atoms with Gasteiger partial charge in [-0.15, -0.1) is 23.7 Å². The van der Waals surface area contributed by atoms with E-state index >= 15 is 0 Å². The van der Waals surface area contributed by atoms with Crippen LogP contribution < -0.4 is 10.9 Å². The van der Waals surface area contributed by atoms with E-state index in [0.717, 1.165) is 54.2 Å². The Balaban J connectivity index is 0.00000261. The van der Waals surface area contributed by atoms with Crippen molar-refractivity contribution in [1.82, 2.24) is 20.2 Å². The van der Waals surface area contributed by atoms with Gasteiger partial charge in [-0.05, 0) is 51.8 Å².